The van der Waals surface area contributed by atoms with Gasteiger partial charge in [0.1, 0.15) is 5.41 Å². The Hall–Kier alpha value is -2.26. The lowest BCUT2D eigenvalue weighted by Gasteiger charge is -2.33. The molecule has 2 fully saturated rings. The number of nitrogens with one attached hydrogen (secondary N) is 2. The number of nitrogens with zero attached hydrogens (tertiary/aromatic N) is 2. The van der Waals surface area contributed by atoms with Crippen molar-refractivity contribution in [1.82, 2.24) is 5.32 Å². The van der Waals surface area contributed by atoms with Crippen molar-refractivity contribution < 1.29 is 9.59 Å². The lowest BCUT2D eigenvalue weighted by molar-refractivity contribution is -0.126. The number of halogens is 1. The minimum Gasteiger partial charge on any atom is -0.359 e. The molecule has 2 N–H and O–H groups in total. The molecule has 0 unspecified atom stereocenters. The first kappa shape index (κ1) is 15.6. The van der Waals surface area contributed by atoms with Gasteiger partial charge in [0.05, 0.1) is 23.3 Å². The van der Waals surface area contributed by atoms with Crippen LogP contribution in [0.5, 0.6) is 0 Å². The number of piperazine rings is 1. The summed E-state index contributed by atoms with van der Waals surface area (Å²) in [4.78, 5) is 25.6. The first-order valence-corrected chi connectivity index (χ1v) is 7.96. The molecule has 0 atom stereocenters. The largest absolute Gasteiger partial charge is 0.359 e. The molecule has 7 heteroatoms. The number of benzene rings is 1. The molecule has 2 aliphatic rings. The van der Waals surface area contributed by atoms with E-state index in [9.17, 15) is 14.9 Å². The molecule has 1 saturated carbocycles. The zero-order chi connectivity index (χ0) is 16.4. The van der Waals surface area contributed by atoms with Crippen LogP contribution in [0.2, 0.25) is 5.02 Å². The van der Waals surface area contributed by atoms with Crippen LogP contribution in [0.4, 0.5) is 11.4 Å². The summed E-state index contributed by atoms with van der Waals surface area (Å²) in [5.41, 5.74) is 0.431. The van der Waals surface area contributed by atoms with Gasteiger partial charge in [-0.1, -0.05) is 11.6 Å². The van der Waals surface area contributed by atoms with E-state index in [-0.39, 0.29) is 18.4 Å². The average Bonchev–Trinajstić information content (AvgIpc) is 2.46. The van der Waals surface area contributed by atoms with Gasteiger partial charge in [-0.2, -0.15) is 5.26 Å². The van der Waals surface area contributed by atoms with Crippen molar-refractivity contribution in [2.45, 2.75) is 19.3 Å². The molecular weight excluding hydrogens is 316 g/mol. The van der Waals surface area contributed by atoms with E-state index in [1.54, 1.807) is 18.2 Å². The Morgan fingerprint density at radius 1 is 1.43 bits per heavy atom. The zero-order valence-electron chi connectivity index (χ0n) is 12.6. The number of nitriles is 1. The quantitative estimate of drug-likeness (QED) is 0.885. The van der Waals surface area contributed by atoms with Crippen molar-refractivity contribution in [3.63, 3.8) is 0 Å². The maximum absolute atomic E-state index is 12.2. The Balaban J connectivity index is 1.73. The Morgan fingerprint density at radius 3 is 2.78 bits per heavy atom. The fourth-order valence-electron chi connectivity index (χ4n) is 2.86. The molecule has 1 aliphatic heterocycles. The molecule has 1 heterocycles. The highest BCUT2D eigenvalue weighted by molar-refractivity contribution is 6.33. The monoisotopic (exact) mass is 332 g/mol. The molecule has 2 amide bonds. The fraction of sp³-hybridized carbons (Fsp3) is 0.438. The summed E-state index contributed by atoms with van der Waals surface area (Å²) in [6.45, 7) is 1.54. The number of amides is 2. The minimum absolute atomic E-state index is 0.0364. The van der Waals surface area contributed by atoms with Crippen molar-refractivity contribution >= 4 is 34.8 Å². The predicted molar refractivity (Wildman–Crippen MR) is 87.2 cm³/mol. The fourth-order valence-corrected chi connectivity index (χ4v) is 3.16. The van der Waals surface area contributed by atoms with E-state index < -0.39 is 5.41 Å². The summed E-state index contributed by atoms with van der Waals surface area (Å²) in [7, 11) is 0. The Labute approximate surface area is 139 Å². The lowest BCUT2D eigenvalue weighted by Crippen LogP contribution is -2.47. The van der Waals surface area contributed by atoms with Crippen molar-refractivity contribution in [2.75, 3.05) is 29.9 Å². The van der Waals surface area contributed by atoms with Gasteiger partial charge in [-0.25, -0.2) is 0 Å². The summed E-state index contributed by atoms with van der Waals surface area (Å²) in [5, 5.41) is 15.2. The smallest absolute Gasteiger partial charge is 0.244 e. The Kier molecular flexibility index (Phi) is 4.14. The lowest BCUT2D eigenvalue weighted by atomic mass is 9.69. The number of rotatable bonds is 3. The van der Waals surface area contributed by atoms with Crippen molar-refractivity contribution in [3.05, 3.63) is 23.2 Å². The van der Waals surface area contributed by atoms with E-state index in [2.05, 4.69) is 16.7 Å². The normalized spacial score (nSPS) is 19.3. The summed E-state index contributed by atoms with van der Waals surface area (Å²) < 4.78 is 0. The van der Waals surface area contributed by atoms with Gasteiger partial charge in [-0.3, -0.25) is 9.59 Å². The topological polar surface area (TPSA) is 85.2 Å². The second kappa shape index (κ2) is 6.09. The van der Waals surface area contributed by atoms with Crippen LogP contribution in [-0.2, 0) is 9.59 Å². The predicted octanol–water partition coefficient (Wildman–Crippen LogP) is 1.91. The minimum atomic E-state index is -0.893. The Bertz CT molecular complexity index is 694. The molecule has 0 bridgehead atoms. The van der Waals surface area contributed by atoms with Crippen LogP contribution in [0.25, 0.3) is 0 Å². The number of hydrogen-bond acceptors (Lipinski definition) is 4. The maximum Gasteiger partial charge on any atom is 0.244 e. The third-order valence-corrected chi connectivity index (χ3v) is 4.74. The van der Waals surface area contributed by atoms with Crippen LogP contribution < -0.4 is 15.5 Å². The van der Waals surface area contributed by atoms with Gasteiger partial charge in [0.2, 0.25) is 11.8 Å². The zero-order valence-corrected chi connectivity index (χ0v) is 13.3. The number of anilines is 2. The highest BCUT2D eigenvalue weighted by Crippen LogP contribution is 2.41. The first-order chi connectivity index (χ1) is 11.0. The van der Waals surface area contributed by atoms with E-state index in [4.69, 9.17) is 11.6 Å². The Morgan fingerprint density at radius 2 is 2.22 bits per heavy atom. The molecule has 0 spiro atoms. The molecule has 1 aliphatic carbocycles. The highest BCUT2D eigenvalue weighted by atomic mass is 35.5. The van der Waals surface area contributed by atoms with Crippen LogP contribution >= 0.6 is 11.6 Å². The van der Waals surface area contributed by atoms with Crippen LogP contribution in [0.3, 0.4) is 0 Å². The molecule has 0 aromatic heterocycles. The van der Waals surface area contributed by atoms with E-state index in [0.717, 1.165) is 12.1 Å². The van der Waals surface area contributed by atoms with Gasteiger partial charge in [0.15, 0.2) is 0 Å². The van der Waals surface area contributed by atoms with Gasteiger partial charge in [-0.05, 0) is 37.5 Å². The molecule has 1 aromatic rings. The first-order valence-electron chi connectivity index (χ1n) is 7.58. The maximum atomic E-state index is 12.2. The van der Waals surface area contributed by atoms with Crippen LogP contribution in [0, 0.1) is 16.7 Å². The standard InChI is InChI=1S/C16H17ClN4O2/c17-12-8-11(20-15(23)16(10-18)4-1-5-16)2-3-13(12)21-7-6-19-14(22)9-21/h2-3,8H,1,4-7,9H2,(H,19,22)(H,20,23). The second-order valence-electron chi connectivity index (χ2n) is 5.94. The molecule has 23 heavy (non-hydrogen) atoms. The molecule has 3 rings (SSSR count). The number of carbonyl (C=O) groups is 2. The third kappa shape index (κ3) is 2.97. The molecule has 1 aromatic carbocycles. The van der Waals surface area contributed by atoms with Gasteiger partial charge >= 0.3 is 0 Å². The second-order valence-corrected chi connectivity index (χ2v) is 6.35. The summed E-state index contributed by atoms with van der Waals surface area (Å²) in [6, 6.07) is 7.31. The average molecular weight is 333 g/mol. The van der Waals surface area contributed by atoms with Crippen molar-refractivity contribution in [1.29, 1.82) is 5.26 Å². The van der Waals surface area contributed by atoms with Gasteiger partial charge < -0.3 is 15.5 Å². The summed E-state index contributed by atoms with van der Waals surface area (Å²) in [6.07, 6.45) is 2.10. The highest BCUT2D eigenvalue weighted by Gasteiger charge is 2.44. The number of hydrogen-bond donors (Lipinski definition) is 2. The SMILES string of the molecule is N#CC1(C(=O)Nc2ccc(N3CCNC(=O)C3)c(Cl)c2)CCC1. The van der Waals surface area contributed by atoms with Crippen LogP contribution in [0.1, 0.15) is 19.3 Å². The van der Waals surface area contributed by atoms with Crippen LogP contribution in [0.15, 0.2) is 18.2 Å². The molecule has 6 nitrogen and oxygen atoms in total. The van der Waals surface area contributed by atoms with E-state index in [1.165, 1.54) is 0 Å². The van der Waals surface area contributed by atoms with E-state index in [1.807, 2.05) is 4.90 Å². The summed E-state index contributed by atoms with van der Waals surface area (Å²) in [5.74, 6) is -0.307. The van der Waals surface area contributed by atoms with Crippen LogP contribution in [-0.4, -0.2) is 31.4 Å². The van der Waals surface area contributed by atoms with E-state index in [0.29, 0.717) is 36.6 Å². The van der Waals surface area contributed by atoms with Gasteiger partial charge in [-0.15, -0.1) is 0 Å². The van der Waals surface area contributed by atoms with E-state index >= 15 is 0 Å². The third-order valence-electron chi connectivity index (χ3n) is 4.44. The van der Waals surface area contributed by atoms with Crippen molar-refractivity contribution in [2.24, 2.45) is 5.41 Å². The molecule has 120 valence electrons. The summed E-state index contributed by atoms with van der Waals surface area (Å²) >= 11 is 6.30. The van der Waals surface area contributed by atoms with Gasteiger partial charge in [0, 0.05) is 18.8 Å². The molecule has 1 saturated heterocycles. The van der Waals surface area contributed by atoms with Crippen molar-refractivity contribution in [3.8, 4) is 6.07 Å². The molecule has 0 radical (unpaired) electrons. The molecular formula is C16H17ClN4O2. The number of carbonyl (C=O) groups excluding carboxylic acids is 2. The van der Waals surface area contributed by atoms with Gasteiger partial charge in [0.25, 0.3) is 0 Å².